The molecule has 5 nitrogen and oxygen atoms in total. The lowest BCUT2D eigenvalue weighted by atomic mass is 10.1. The Balaban J connectivity index is 2.70. The average molecular weight is 287 g/mol. The van der Waals surface area contributed by atoms with Crippen LogP contribution in [0, 0.1) is 6.92 Å². The number of methoxy groups -OCH3 is 1. The van der Waals surface area contributed by atoms with E-state index in [1.165, 1.54) is 6.07 Å². The van der Waals surface area contributed by atoms with Gasteiger partial charge in [0.1, 0.15) is 5.75 Å². The van der Waals surface area contributed by atoms with Crippen molar-refractivity contribution in [1.29, 1.82) is 0 Å². The number of primary sulfonamides is 1. The van der Waals surface area contributed by atoms with Crippen LogP contribution in [0.5, 0.6) is 5.75 Å². The van der Waals surface area contributed by atoms with Gasteiger partial charge in [-0.3, -0.25) is 0 Å². The Kier molecular flexibility index (Phi) is 4.95. The standard InChI is InChI=1S/C13H21NO4S/c1-10-9-11(5-6-12(10)19(14,15)16)18-8-7-13(2,3)17-4/h5-6,9H,7-8H2,1-4H3,(H2,14,15,16). The van der Waals surface area contributed by atoms with Crippen LogP contribution in [0.15, 0.2) is 23.1 Å². The van der Waals surface area contributed by atoms with E-state index < -0.39 is 10.0 Å². The van der Waals surface area contributed by atoms with E-state index in [4.69, 9.17) is 14.6 Å². The number of nitrogens with two attached hydrogens (primary N) is 1. The highest BCUT2D eigenvalue weighted by Gasteiger charge is 2.16. The maximum absolute atomic E-state index is 11.3. The fraction of sp³-hybridized carbons (Fsp3) is 0.538. The van der Waals surface area contributed by atoms with Crippen molar-refractivity contribution in [1.82, 2.24) is 0 Å². The molecule has 108 valence electrons. The Hall–Kier alpha value is -1.11. The maximum Gasteiger partial charge on any atom is 0.238 e. The van der Waals surface area contributed by atoms with Gasteiger partial charge >= 0.3 is 0 Å². The van der Waals surface area contributed by atoms with Gasteiger partial charge in [0.15, 0.2) is 0 Å². The number of aryl methyl sites for hydroxylation is 1. The quantitative estimate of drug-likeness (QED) is 0.866. The highest BCUT2D eigenvalue weighted by molar-refractivity contribution is 7.89. The lowest BCUT2D eigenvalue weighted by Gasteiger charge is -2.22. The van der Waals surface area contributed by atoms with Crippen LogP contribution in [0.4, 0.5) is 0 Å². The Labute approximate surface area is 114 Å². The summed E-state index contributed by atoms with van der Waals surface area (Å²) in [6.45, 7) is 6.14. The van der Waals surface area contributed by atoms with Gasteiger partial charge in [-0.2, -0.15) is 0 Å². The molecule has 0 aliphatic rings. The molecule has 0 aliphatic heterocycles. The predicted octanol–water partition coefficient (Wildman–Crippen LogP) is 1.84. The predicted molar refractivity (Wildman–Crippen MR) is 73.8 cm³/mol. The summed E-state index contributed by atoms with van der Waals surface area (Å²) in [6, 6.07) is 4.73. The summed E-state index contributed by atoms with van der Waals surface area (Å²) in [5.74, 6) is 0.622. The SMILES string of the molecule is COC(C)(C)CCOc1ccc(S(N)(=O)=O)c(C)c1. The molecule has 1 aromatic rings. The number of hydrogen-bond acceptors (Lipinski definition) is 4. The third-order valence-corrected chi connectivity index (χ3v) is 4.05. The van der Waals surface area contributed by atoms with E-state index in [-0.39, 0.29) is 10.5 Å². The van der Waals surface area contributed by atoms with Gasteiger partial charge in [0, 0.05) is 13.5 Å². The highest BCUT2D eigenvalue weighted by atomic mass is 32.2. The summed E-state index contributed by atoms with van der Waals surface area (Å²) in [4.78, 5) is 0.122. The second-order valence-electron chi connectivity index (χ2n) is 5.03. The average Bonchev–Trinajstić information content (AvgIpc) is 2.27. The van der Waals surface area contributed by atoms with Crippen molar-refractivity contribution in [3.63, 3.8) is 0 Å². The summed E-state index contributed by atoms with van der Waals surface area (Å²) in [7, 11) is -2.02. The zero-order valence-corrected chi connectivity index (χ0v) is 12.6. The summed E-state index contributed by atoms with van der Waals surface area (Å²) in [5, 5.41) is 5.10. The second kappa shape index (κ2) is 5.90. The van der Waals surface area contributed by atoms with Crippen LogP contribution in [-0.4, -0.2) is 27.7 Å². The highest BCUT2D eigenvalue weighted by Crippen LogP contribution is 2.21. The molecule has 0 heterocycles. The lowest BCUT2D eigenvalue weighted by molar-refractivity contribution is 0.00545. The van der Waals surface area contributed by atoms with E-state index in [0.717, 1.165) is 6.42 Å². The molecule has 0 radical (unpaired) electrons. The molecule has 0 amide bonds. The largest absolute Gasteiger partial charge is 0.493 e. The molecule has 0 atom stereocenters. The van der Waals surface area contributed by atoms with Crippen LogP contribution >= 0.6 is 0 Å². The minimum atomic E-state index is -3.67. The summed E-state index contributed by atoms with van der Waals surface area (Å²) >= 11 is 0. The Bertz CT molecular complexity index is 538. The zero-order valence-electron chi connectivity index (χ0n) is 11.8. The molecule has 2 N–H and O–H groups in total. The molecule has 0 spiro atoms. The molecule has 6 heteroatoms. The minimum absolute atomic E-state index is 0.122. The van der Waals surface area contributed by atoms with Crippen molar-refractivity contribution in [2.24, 2.45) is 5.14 Å². The molecule has 0 saturated heterocycles. The van der Waals surface area contributed by atoms with Gasteiger partial charge in [0.2, 0.25) is 10.0 Å². The summed E-state index contributed by atoms with van der Waals surface area (Å²) in [6.07, 6.45) is 0.736. The van der Waals surface area contributed by atoms with Gasteiger partial charge in [-0.1, -0.05) is 0 Å². The van der Waals surface area contributed by atoms with Crippen molar-refractivity contribution in [2.45, 2.75) is 37.7 Å². The van der Waals surface area contributed by atoms with Crippen LogP contribution in [0.1, 0.15) is 25.8 Å². The monoisotopic (exact) mass is 287 g/mol. The van der Waals surface area contributed by atoms with Gasteiger partial charge in [-0.25, -0.2) is 13.6 Å². The van der Waals surface area contributed by atoms with Gasteiger partial charge in [-0.15, -0.1) is 0 Å². The summed E-state index contributed by atoms with van der Waals surface area (Å²) < 4.78 is 33.4. The van der Waals surface area contributed by atoms with Crippen molar-refractivity contribution in [3.05, 3.63) is 23.8 Å². The van der Waals surface area contributed by atoms with E-state index in [1.54, 1.807) is 26.2 Å². The molecule has 0 saturated carbocycles. The molecule has 0 aromatic heterocycles. The molecule has 1 aromatic carbocycles. The van der Waals surface area contributed by atoms with Crippen molar-refractivity contribution < 1.29 is 17.9 Å². The van der Waals surface area contributed by atoms with Crippen LogP contribution in [0.2, 0.25) is 0 Å². The van der Waals surface area contributed by atoms with Crippen LogP contribution < -0.4 is 9.88 Å². The molecule has 0 bridgehead atoms. The second-order valence-corrected chi connectivity index (χ2v) is 6.56. The van der Waals surface area contributed by atoms with E-state index in [9.17, 15) is 8.42 Å². The number of ether oxygens (including phenoxy) is 2. The summed E-state index contributed by atoms with van der Waals surface area (Å²) in [5.41, 5.74) is 0.335. The lowest BCUT2D eigenvalue weighted by Crippen LogP contribution is -2.25. The first kappa shape index (κ1) is 15.9. The fourth-order valence-corrected chi connectivity index (χ4v) is 2.31. The molecule has 19 heavy (non-hydrogen) atoms. The topological polar surface area (TPSA) is 78.6 Å². The number of rotatable bonds is 6. The van der Waals surface area contributed by atoms with Crippen LogP contribution in [0.25, 0.3) is 0 Å². The van der Waals surface area contributed by atoms with Gasteiger partial charge in [0.25, 0.3) is 0 Å². The molecular weight excluding hydrogens is 266 g/mol. The first-order valence-electron chi connectivity index (χ1n) is 5.97. The van der Waals surface area contributed by atoms with E-state index >= 15 is 0 Å². The Morgan fingerprint density at radius 2 is 1.95 bits per heavy atom. The third kappa shape index (κ3) is 4.81. The van der Waals surface area contributed by atoms with Gasteiger partial charge < -0.3 is 9.47 Å². The molecular formula is C13H21NO4S. The van der Waals surface area contributed by atoms with Crippen molar-refractivity contribution in [2.75, 3.05) is 13.7 Å². The fourth-order valence-electron chi connectivity index (χ4n) is 1.55. The van der Waals surface area contributed by atoms with Gasteiger partial charge in [0.05, 0.1) is 17.1 Å². The maximum atomic E-state index is 11.3. The molecule has 0 fully saturated rings. The number of hydrogen-bond donors (Lipinski definition) is 1. The van der Waals surface area contributed by atoms with E-state index in [2.05, 4.69) is 0 Å². The normalized spacial score (nSPS) is 12.5. The van der Waals surface area contributed by atoms with Crippen molar-refractivity contribution in [3.8, 4) is 5.75 Å². The molecule has 1 rings (SSSR count). The molecule has 0 aliphatic carbocycles. The van der Waals surface area contributed by atoms with E-state index in [1.807, 2.05) is 13.8 Å². The number of benzene rings is 1. The van der Waals surface area contributed by atoms with E-state index in [0.29, 0.717) is 17.9 Å². The Morgan fingerprint density at radius 3 is 2.42 bits per heavy atom. The molecule has 0 unspecified atom stereocenters. The first-order chi connectivity index (χ1) is 8.65. The smallest absolute Gasteiger partial charge is 0.238 e. The van der Waals surface area contributed by atoms with Crippen LogP contribution in [0.3, 0.4) is 0 Å². The van der Waals surface area contributed by atoms with Crippen LogP contribution in [-0.2, 0) is 14.8 Å². The van der Waals surface area contributed by atoms with Crippen molar-refractivity contribution >= 4 is 10.0 Å². The number of sulfonamides is 1. The zero-order chi connectivity index (χ0) is 14.7. The van der Waals surface area contributed by atoms with Gasteiger partial charge in [-0.05, 0) is 44.5 Å². The minimum Gasteiger partial charge on any atom is -0.493 e. The third-order valence-electron chi connectivity index (χ3n) is 2.98. The first-order valence-corrected chi connectivity index (χ1v) is 7.52. The Morgan fingerprint density at radius 1 is 1.32 bits per heavy atom.